The third kappa shape index (κ3) is 5.96. The number of nitrogens with one attached hydrogen (secondary N) is 2. The second-order valence-corrected chi connectivity index (χ2v) is 6.74. The normalized spacial score (nSPS) is 10.6. The van der Waals surface area contributed by atoms with Crippen LogP contribution >= 0.6 is 0 Å². The quantitative estimate of drug-likeness (QED) is 0.501. The highest BCUT2D eigenvalue weighted by Crippen LogP contribution is 2.11. The van der Waals surface area contributed by atoms with Crippen LogP contribution in [0.4, 0.5) is 0 Å². The van der Waals surface area contributed by atoms with Gasteiger partial charge in [0.25, 0.3) is 5.91 Å². The maximum atomic E-state index is 12.6. The Kier molecular flexibility index (Phi) is 7.21. The first kappa shape index (κ1) is 19.6. The standard InChI is InChI=1S/C24H26N2O2/c27-22-12-10-20(11-13-22)14-16-25-18-21-8-4-5-9-23(21)24(28)26-17-15-19-6-2-1-3-7-19/h1-13,25,27H,14-18H2,(H,26,28). The van der Waals surface area contributed by atoms with Crippen molar-refractivity contribution in [3.05, 3.63) is 101 Å². The molecule has 0 aromatic heterocycles. The van der Waals surface area contributed by atoms with Gasteiger partial charge in [0, 0.05) is 18.7 Å². The number of carbonyl (C=O) groups is 1. The van der Waals surface area contributed by atoms with E-state index in [-0.39, 0.29) is 11.7 Å². The molecule has 4 heteroatoms. The third-order valence-electron chi connectivity index (χ3n) is 4.65. The van der Waals surface area contributed by atoms with Gasteiger partial charge in [-0.15, -0.1) is 0 Å². The molecule has 28 heavy (non-hydrogen) atoms. The lowest BCUT2D eigenvalue weighted by Gasteiger charge is -2.11. The fraction of sp³-hybridized carbons (Fsp3) is 0.208. The van der Waals surface area contributed by atoms with Gasteiger partial charge in [-0.25, -0.2) is 0 Å². The van der Waals surface area contributed by atoms with Crippen LogP contribution in [-0.4, -0.2) is 24.1 Å². The van der Waals surface area contributed by atoms with E-state index in [1.807, 2.05) is 54.6 Å². The van der Waals surface area contributed by atoms with E-state index in [0.29, 0.717) is 18.7 Å². The Morgan fingerprint density at radius 1 is 0.750 bits per heavy atom. The van der Waals surface area contributed by atoms with Crippen LogP contribution in [0.3, 0.4) is 0 Å². The van der Waals surface area contributed by atoms with Crippen LogP contribution in [0.2, 0.25) is 0 Å². The minimum atomic E-state index is -0.0353. The lowest BCUT2D eigenvalue weighted by molar-refractivity contribution is 0.0953. The molecule has 0 aliphatic rings. The Labute approximate surface area is 166 Å². The minimum absolute atomic E-state index is 0.0353. The second kappa shape index (κ2) is 10.3. The fourth-order valence-electron chi connectivity index (χ4n) is 3.07. The Balaban J connectivity index is 1.47. The number of aromatic hydroxyl groups is 1. The van der Waals surface area contributed by atoms with Crippen molar-refractivity contribution in [3.8, 4) is 5.75 Å². The molecule has 0 saturated carbocycles. The van der Waals surface area contributed by atoms with Gasteiger partial charge in [0.15, 0.2) is 0 Å². The van der Waals surface area contributed by atoms with Crippen molar-refractivity contribution in [1.82, 2.24) is 10.6 Å². The van der Waals surface area contributed by atoms with Gasteiger partial charge in [0.2, 0.25) is 0 Å². The van der Waals surface area contributed by atoms with E-state index in [1.54, 1.807) is 12.1 Å². The van der Waals surface area contributed by atoms with Gasteiger partial charge in [0.05, 0.1) is 0 Å². The predicted octanol–water partition coefficient (Wildman–Crippen LogP) is 3.70. The topological polar surface area (TPSA) is 61.4 Å². The Bertz CT molecular complexity index is 877. The van der Waals surface area contributed by atoms with Crippen molar-refractivity contribution < 1.29 is 9.90 Å². The summed E-state index contributed by atoms with van der Waals surface area (Å²) < 4.78 is 0. The van der Waals surface area contributed by atoms with Crippen molar-refractivity contribution in [1.29, 1.82) is 0 Å². The van der Waals surface area contributed by atoms with Crippen LogP contribution < -0.4 is 10.6 Å². The van der Waals surface area contributed by atoms with Gasteiger partial charge < -0.3 is 15.7 Å². The van der Waals surface area contributed by atoms with Gasteiger partial charge in [-0.3, -0.25) is 4.79 Å². The summed E-state index contributed by atoms with van der Waals surface area (Å²) >= 11 is 0. The highest BCUT2D eigenvalue weighted by Gasteiger charge is 2.10. The van der Waals surface area contributed by atoms with E-state index in [0.717, 1.165) is 30.5 Å². The average Bonchev–Trinajstić information content (AvgIpc) is 2.73. The first-order chi connectivity index (χ1) is 13.7. The molecule has 0 aliphatic heterocycles. The zero-order valence-corrected chi connectivity index (χ0v) is 15.9. The lowest BCUT2D eigenvalue weighted by Crippen LogP contribution is -2.28. The molecule has 4 nitrogen and oxygen atoms in total. The molecule has 3 aromatic carbocycles. The monoisotopic (exact) mass is 374 g/mol. The third-order valence-corrected chi connectivity index (χ3v) is 4.65. The molecular weight excluding hydrogens is 348 g/mol. The molecule has 1 amide bonds. The Morgan fingerprint density at radius 3 is 2.18 bits per heavy atom. The summed E-state index contributed by atoms with van der Waals surface area (Å²) in [7, 11) is 0. The molecule has 0 unspecified atom stereocenters. The number of benzene rings is 3. The number of phenols is 1. The summed E-state index contributed by atoms with van der Waals surface area (Å²) in [6.45, 7) is 2.06. The van der Waals surface area contributed by atoms with Gasteiger partial charge in [-0.05, 0) is 54.3 Å². The molecule has 0 fully saturated rings. The van der Waals surface area contributed by atoms with Crippen LogP contribution in [-0.2, 0) is 19.4 Å². The van der Waals surface area contributed by atoms with Gasteiger partial charge in [-0.2, -0.15) is 0 Å². The van der Waals surface area contributed by atoms with Crippen molar-refractivity contribution in [2.24, 2.45) is 0 Å². The van der Waals surface area contributed by atoms with E-state index in [2.05, 4.69) is 22.8 Å². The maximum Gasteiger partial charge on any atom is 0.251 e. The number of hydrogen-bond donors (Lipinski definition) is 3. The van der Waals surface area contributed by atoms with Crippen molar-refractivity contribution >= 4 is 5.91 Å². The number of carbonyl (C=O) groups excluding carboxylic acids is 1. The van der Waals surface area contributed by atoms with Gasteiger partial charge in [-0.1, -0.05) is 60.7 Å². The smallest absolute Gasteiger partial charge is 0.251 e. The van der Waals surface area contributed by atoms with Gasteiger partial charge >= 0.3 is 0 Å². The first-order valence-corrected chi connectivity index (χ1v) is 9.61. The van der Waals surface area contributed by atoms with Crippen LogP contribution in [0.15, 0.2) is 78.9 Å². The van der Waals surface area contributed by atoms with Crippen LogP contribution in [0.25, 0.3) is 0 Å². The molecule has 0 atom stereocenters. The first-order valence-electron chi connectivity index (χ1n) is 9.61. The fourth-order valence-corrected chi connectivity index (χ4v) is 3.07. The summed E-state index contributed by atoms with van der Waals surface area (Å²) in [6.07, 6.45) is 1.69. The molecule has 144 valence electrons. The molecule has 0 heterocycles. The average molecular weight is 374 g/mol. The molecular formula is C24H26N2O2. The molecule has 3 aromatic rings. The van der Waals surface area contributed by atoms with Crippen molar-refractivity contribution in [2.45, 2.75) is 19.4 Å². The van der Waals surface area contributed by atoms with E-state index in [1.165, 1.54) is 5.56 Å². The molecule has 0 spiro atoms. The number of phenolic OH excluding ortho intramolecular Hbond substituents is 1. The summed E-state index contributed by atoms with van der Waals surface area (Å²) in [5.74, 6) is 0.246. The Morgan fingerprint density at radius 2 is 1.39 bits per heavy atom. The summed E-state index contributed by atoms with van der Waals surface area (Å²) in [5, 5.41) is 15.8. The van der Waals surface area contributed by atoms with Crippen LogP contribution in [0, 0.1) is 0 Å². The minimum Gasteiger partial charge on any atom is -0.508 e. The number of hydrogen-bond acceptors (Lipinski definition) is 3. The largest absolute Gasteiger partial charge is 0.508 e. The maximum absolute atomic E-state index is 12.6. The highest BCUT2D eigenvalue weighted by molar-refractivity contribution is 5.95. The van der Waals surface area contributed by atoms with E-state index >= 15 is 0 Å². The van der Waals surface area contributed by atoms with Crippen molar-refractivity contribution in [2.75, 3.05) is 13.1 Å². The molecule has 3 N–H and O–H groups in total. The summed E-state index contributed by atoms with van der Waals surface area (Å²) in [4.78, 5) is 12.6. The van der Waals surface area contributed by atoms with Crippen LogP contribution in [0.1, 0.15) is 27.0 Å². The number of rotatable bonds is 9. The molecule has 0 bridgehead atoms. The lowest BCUT2D eigenvalue weighted by atomic mass is 10.1. The molecule has 0 radical (unpaired) electrons. The van der Waals surface area contributed by atoms with Gasteiger partial charge in [0.1, 0.15) is 5.75 Å². The zero-order chi connectivity index (χ0) is 19.6. The Hall–Kier alpha value is -3.11. The van der Waals surface area contributed by atoms with E-state index in [4.69, 9.17) is 0 Å². The highest BCUT2D eigenvalue weighted by atomic mass is 16.3. The number of amides is 1. The van der Waals surface area contributed by atoms with E-state index < -0.39 is 0 Å². The molecule has 0 saturated heterocycles. The predicted molar refractivity (Wildman–Crippen MR) is 112 cm³/mol. The SMILES string of the molecule is O=C(NCCc1ccccc1)c1ccccc1CNCCc1ccc(O)cc1. The second-order valence-electron chi connectivity index (χ2n) is 6.74. The summed E-state index contributed by atoms with van der Waals surface area (Å²) in [5.41, 5.74) is 4.09. The van der Waals surface area contributed by atoms with Crippen molar-refractivity contribution in [3.63, 3.8) is 0 Å². The molecule has 3 rings (SSSR count). The van der Waals surface area contributed by atoms with E-state index in [9.17, 15) is 9.90 Å². The zero-order valence-electron chi connectivity index (χ0n) is 15.9. The van der Waals surface area contributed by atoms with Crippen LogP contribution in [0.5, 0.6) is 5.75 Å². The summed E-state index contributed by atoms with van der Waals surface area (Å²) in [6, 6.07) is 25.1. The molecule has 0 aliphatic carbocycles.